The molecule has 3 aromatic rings. The third-order valence-electron chi connectivity index (χ3n) is 3.71. The zero-order valence-corrected chi connectivity index (χ0v) is 14.7. The molecular weight excluding hydrogens is 316 g/mol. The second-order valence-corrected chi connectivity index (χ2v) is 6.51. The van der Waals surface area contributed by atoms with Gasteiger partial charge in [0.25, 0.3) is 0 Å². The lowest BCUT2D eigenvalue weighted by atomic mass is 10.1. The molecule has 0 aliphatic heterocycles. The van der Waals surface area contributed by atoms with Gasteiger partial charge >= 0.3 is 0 Å². The molecule has 0 fully saturated rings. The number of aryl methyl sites for hydroxylation is 2. The van der Waals surface area contributed by atoms with Gasteiger partial charge in [0.1, 0.15) is 6.33 Å². The topological polar surface area (TPSA) is 43.1 Å². The molecule has 0 amide bonds. The van der Waals surface area contributed by atoms with Gasteiger partial charge in [0.05, 0.1) is 6.21 Å². The third kappa shape index (κ3) is 4.32. The monoisotopic (exact) mass is 336 g/mol. The van der Waals surface area contributed by atoms with E-state index in [1.54, 1.807) is 22.8 Å². The predicted molar refractivity (Wildman–Crippen MR) is 99.6 cm³/mol. The lowest BCUT2D eigenvalue weighted by Crippen LogP contribution is -1.93. The Kier molecular flexibility index (Phi) is 5.43. The summed E-state index contributed by atoms with van der Waals surface area (Å²) in [7, 11) is 0. The van der Waals surface area contributed by atoms with Crippen LogP contribution in [-0.2, 0) is 12.2 Å². The van der Waals surface area contributed by atoms with Crippen LogP contribution >= 0.6 is 11.8 Å². The molecule has 3 rings (SSSR count). The van der Waals surface area contributed by atoms with Crippen LogP contribution in [0.3, 0.4) is 0 Å². The summed E-state index contributed by atoms with van der Waals surface area (Å²) in [6, 6.07) is 16.9. The SMILES string of the molecule is CCc1ccc(/C=N/n2cnnc2SCc2ccc(C)cc2)cc1. The fraction of sp³-hybridized carbons (Fsp3) is 0.211. The Labute approximate surface area is 146 Å². The van der Waals surface area contributed by atoms with Crippen LogP contribution in [0.2, 0.25) is 0 Å². The van der Waals surface area contributed by atoms with Gasteiger partial charge in [-0.3, -0.25) is 0 Å². The van der Waals surface area contributed by atoms with Gasteiger partial charge in [-0.25, -0.2) is 0 Å². The fourth-order valence-corrected chi connectivity index (χ4v) is 3.01. The summed E-state index contributed by atoms with van der Waals surface area (Å²) in [4.78, 5) is 0. The van der Waals surface area contributed by atoms with E-state index in [2.05, 4.69) is 77.7 Å². The van der Waals surface area contributed by atoms with Crippen LogP contribution in [0.5, 0.6) is 0 Å². The van der Waals surface area contributed by atoms with Crippen LogP contribution in [0, 0.1) is 6.92 Å². The molecule has 0 unspecified atom stereocenters. The van der Waals surface area contributed by atoms with E-state index in [9.17, 15) is 0 Å². The lowest BCUT2D eigenvalue weighted by Gasteiger charge is -2.02. The van der Waals surface area contributed by atoms with Gasteiger partial charge in [0, 0.05) is 5.75 Å². The molecule has 1 aromatic heterocycles. The van der Waals surface area contributed by atoms with Crippen molar-refractivity contribution in [1.82, 2.24) is 14.9 Å². The second-order valence-electron chi connectivity index (χ2n) is 5.57. The van der Waals surface area contributed by atoms with Crippen molar-refractivity contribution in [1.29, 1.82) is 0 Å². The quantitative estimate of drug-likeness (QED) is 0.497. The molecule has 1 heterocycles. The number of aromatic nitrogens is 3. The number of hydrogen-bond donors (Lipinski definition) is 0. The Bertz CT molecular complexity index is 804. The molecule has 5 heteroatoms. The highest BCUT2D eigenvalue weighted by atomic mass is 32.2. The van der Waals surface area contributed by atoms with Crippen molar-refractivity contribution in [2.45, 2.75) is 31.2 Å². The van der Waals surface area contributed by atoms with Gasteiger partial charge in [0.15, 0.2) is 0 Å². The van der Waals surface area contributed by atoms with Crippen LogP contribution < -0.4 is 0 Å². The largest absolute Gasteiger partial charge is 0.212 e. The van der Waals surface area contributed by atoms with E-state index < -0.39 is 0 Å². The molecule has 2 aromatic carbocycles. The summed E-state index contributed by atoms with van der Waals surface area (Å²) in [5, 5.41) is 13.4. The van der Waals surface area contributed by atoms with Crippen LogP contribution in [0.15, 0.2) is 65.1 Å². The summed E-state index contributed by atoms with van der Waals surface area (Å²) in [5.74, 6) is 0.847. The number of benzene rings is 2. The standard InChI is InChI=1S/C19H20N4S/c1-3-16-8-10-17(11-9-16)12-21-23-14-20-22-19(23)24-13-18-6-4-15(2)5-7-18/h4-12,14H,3,13H2,1-2H3/b21-12+. The minimum Gasteiger partial charge on any atom is -0.195 e. The fourth-order valence-electron chi connectivity index (χ4n) is 2.19. The molecule has 4 nitrogen and oxygen atoms in total. The summed E-state index contributed by atoms with van der Waals surface area (Å²) in [6.45, 7) is 4.24. The van der Waals surface area contributed by atoms with Gasteiger partial charge in [-0.15, -0.1) is 10.2 Å². The molecule has 0 spiro atoms. The molecule has 0 N–H and O–H groups in total. The van der Waals surface area contributed by atoms with E-state index in [-0.39, 0.29) is 0 Å². The highest BCUT2D eigenvalue weighted by Gasteiger charge is 2.04. The average Bonchev–Trinajstić information content (AvgIpc) is 3.07. The summed E-state index contributed by atoms with van der Waals surface area (Å²) >= 11 is 1.63. The zero-order valence-electron chi connectivity index (χ0n) is 13.9. The number of hydrogen-bond acceptors (Lipinski definition) is 4. The highest BCUT2D eigenvalue weighted by molar-refractivity contribution is 7.98. The first kappa shape index (κ1) is 16.5. The van der Waals surface area contributed by atoms with Crippen LogP contribution in [-0.4, -0.2) is 21.1 Å². The molecular formula is C19H20N4S. The molecule has 0 aliphatic carbocycles. The smallest absolute Gasteiger partial charge is 0.195 e. The first-order valence-electron chi connectivity index (χ1n) is 7.96. The van der Waals surface area contributed by atoms with Crippen LogP contribution in [0.1, 0.15) is 29.2 Å². The maximum Gasteiger partial charge on any atom is 0.212 e. The summed E-state index contributed by atoms with van der Waals surface area (Å²) in [6.07, 6.45) is 4.51. The Morgan fingerprint density at radius 1 is 1.04 bits per heavy atom. The van der Waals surface area contributed by atoms with Crippen LogP contribution in [0.4, 0.5) is 0 Å². The minimum absolute atomic E-state index is 0.789. The van der Waals surface area contributed by atoms with Crippen LogP contribution in [0.25, 0.3) is 0 Å². The minimum atomic E-state index is 0.789. The zero-order chi connectivity index (χ0) is 16.8. The van der Waals surface area contributed by atoms with Crippen molar-refractivity contribution in [3.8, 4) is 0 Å². The molecule has 0 saturated heterocycles. The van der Waals surface area contributed by atoms with E-state index in [0.717, 1.165) is 22.9 Å². The molecule has 0 bridgehead atoms. The molecule has 0 radical (unpaired) electrons. The van der Waals surface area contributed by atoms with Crippen molar-refractivity contribution in [3.05, 3.63) is 77.1 Å². The highest BCUT2D eigenvalue weighted by Crippen LogP contribution is 2.20. The first-order valence-corrected chi connectivity index (χ1v) is 8.95. The average molecular weight is 336 g/mol. The van der Waals surface area contributed by atoms with Crippen molar-refractivity contribution >= 4 is 18.0 Å². The molecule has 122 valence electrons. The van der Waals surface area contributed by atoms with E-state index in [1.807, 2.05) is 6.21 Å². The van der Waals surface area contributed by atoms with Crippen molar-refractivity contribution < 1.29 is 0 Å². The Hall–Kier alpha value is -2.40. The maximum atomic E-state index is 4.46. The van der Waals surface area contributed by atoms with E-state index >= 15 is 0 Å². The number of thioether (sulfide) groups is 1. The van der Waals surface area contributed by atoms with E-state index in [1.165, 1.54) is 16.7 Å². The normalized spacial score (nSPS) is 11.2. The van der Waals surface area contributed by atoms with Gasteiger partial charge in [-0.2, -0.15) is 9.78 Å². The predicted octanol–water partition coefficient (Wildman–Crippen LogP) is 4.32. The van der Waals surface area contributed by atoms with E-state index in [4.69, 9.17) is 0 Å². The van der Waals surface area contributed by atoms with Crippen molar-refractivity contribution in [3.63, 3.8) is 0 Å². The first-order chi connectivity index (χ1) is 11.7. The van der Waals surface area contributed by atoms with Gasteiger partial charge in [0.2, 0.25) is 5.16 Å². The molecule has 24 heavy (non-hydrogen) atoms. The van der Waals surface area contributed by atoms with Gasteiger partial charge in [-0.05, 0) is 30.0 Å². The lowest BCUT2D eigenvalue weighted by molar-refractivity contribution is 0.767. The van der Waals surface area contributed by atoms with Crippen molar-refractivity contribution in [2.75, 3.05) is 0 Å². The molecule has 0 aliphatic rings. The van der Waals surface area contributed by atoms with Crippen molar-refractivity contribution in [2.24, 2.45) is 5.10 Å². The number of rotatable bonds is 6. The molecule has 0 atom stereocenters. The summed E-state index contributed by atoms with van der Waals surface area (Å²) < 4.78 is 1.71. The van der Waals surface area contributed by atoms with E-state index in [0.29, 0.717) is 0 Å². The maximum absolute atomic E-state index is 4.46. The van der Waals surface area contributed by atoms with Gasteiger partial charge < -0.3 is 0 Å². The second kappa shape index (κ2) is 7.93. The van der Waals surface area contributed by atoms with Gasteiger partial charge in [-0.1, -0.05) is 72.8 Å². The third-order valence-corrected chi connectivity index (χ3v) is 4.71. The Morgan fingerprint density at radius 3 is 2.46 bits per heavy atom. The summed E-state index contributed by atoms with van der Waals surface area (Å²) in [5.41, 5.74) is 4.92. The Balaban J connectivity index is 1.65. The Morgan fingerprint density at radius 2 is 1.75 bits per heavy atom. The number of nitrogens with zero attached hydrogens (tertiary/aromatic N) is 4. The molecule has 0 saturated carbocycles.